The average Bonchev–Trinajstić information content (AvgIpc) is 3.43. The van der Waals surface area contributed by atoms with Crippen molar-refractivity contribution in [1.29, 1.82) is 0 Å². The Morgan fingerprint density at radius 1 is 0.946 bits per heavy atom. The molecule has 0 aliphatic carbocycles. The van der Waals surface area contributed by atoms with Crippen LogP contribution in [0.4, 0.5) is 5.95 Å². The molecule has 3 aromatic heterocycles. The number of rotatable bonds is 6. The highest BCUT2D eigenvalue weighted by atomic mass is 16.2. The Labute approximate surface area is 215 Å². The zero-order valence-electron chi connectivity index (χ0n) is 21.6. The fraction of sp³-hybridized carbons (Fsp3) is 0.241. The predicted molar refractivity (Wildman–Crippen MR) is 145 cm³/mol. The summed E-state index contributed by atoms with van der Waals surface area (Å²) >= 11 is 0. The minimum Gasteiger partial charge on any atom is -0.350 e. The van der Waals surface area contributed by atoms with Crippen molar-refractivity contribution in [3.63, 3.8) is 0 Å². The molecule has 2 amide bonds. The molecule has 188 valence electrons. The lowest BCUT2D eigenvalue weighted by atomic mass is 10.0. The van der Waals surface area contributed by atoms with Gasteiger partial charge in [-0.05, 0) is 54.8 Å². The first kappa shape index (κ1) is 24.2. The van der Waals surface area contributed by atoms with Gasteiger partial charge in [0, 0.05) is 36.3 Å². The Balaban J connectivity index is 1.45. The van der Waals surface area contributed by atoms with Crippen molar-refractivity contribution in [2.45, 2.75) is 33.7 Å². The summed E-state index contributed by atoms with van der Waals surface area (Å²) in [6, 6.07) is 18.0. The van der Waals surface area contributed by atoms with Gasteiger partial charge in [0.25, 0.3) is 5.91 Å². The second kappa shape index (κ2) is 9.54. The van der Waals surface area contributed by atoms with E-state index in [2.05, 4.69) is 32.8 Å². The average molecular weight is 495 g/mol. The van der Waals surface area contributed by atoms with Crippen LogP contribution in [0, 0.1) is 12.8 Å². The maximum absolute atomic E-state index is 13.3. The summed E-state index contributed by atoms with van der Waals surface area (Å²) in [5.74, 6) is -0.135. The van der Waals surface area contributed by atoms with Crippen LogP contribution in [0.1, 0.15) is 48.3 Å². The summed E-state index contributed by atoms with van der Waals surface area (Å²) < 4.78 is 3.60. The van der Waals surface area contributed by atoms with Gasteiger partial charge in [-0.1, -0.05) is 49.7 Å². The van der Waals surface area contributed by atoms with E-state index in [1.807, 2.05) is 94.2 Å². The SMILES string of the molecule is Cc1ccc([C@@H](C)NC(=O)c2cn(C)c3ccc(-c4ccn5nc(NC(=O)C(C)C)nc5c4)cc23)cc1. The van der Waals surface area contributed by atoms with Crippen LogP contribution in [0.2, 0.25) is 0 Å². The van der Waals surface area contributed by atoms with Gasteiger partial charge in [0.05, 0.1) is 11.6 Å². The van der Waals surface area contributed by atoms with Gasteiger partial charge in [-0.2, -0.15) is 4.98 Å². The standard InChI is InChI=1S/C29H30N6O2/c1-17(2)27(36)32-29-31-26-15-22(12-13-35(26)33-29)21-10-11-25-23(14-21)24(16-34(25)5)28(37)30-19(4)20-8-6-18(3)7-9-20/h6-17,19H,1-5H3,(H,30,37)(H,32,33,36)/t19-/m1/s1. The summed E-state index contributed by atoms with van der Waals surface area (Å²) in [4.78, 5) is 29.8. The van der Waals surface area contributed by atoms with Crippen molar-refractivity contribution in [2.75, 3.05) is 5.32 Å². The van der Waals surface area contributed by atoms with Crippen LogP contribution < -0.4 is 10.6 Å². The number of nitrogens with zero attached hydrogens (tertiary/aromatic N) is 4. The van der Waals surface area contributed by atoms with E-state index in [0.717, 1.165) is 27.6 Å². The summed E-state index contributed by atoms with van der Waals surface area (Å²) in [6.07, 6.45) is 3.69. The normalized spacial score (nSPS) is 12.3. The summed E-state index contributed by atoms with van der Waals surface area (Å²) in [5, 5.41) is 11.1. The molecule has 37 heavy (non-hydrogen) atoms. The minimum absolute atomic E-state index is 0.116. The molecule has 0 aliphatic heterocycles. The third kappa shape index (κ3) is 4.82. The van der Waals surface area contributed by atoms with Crippen molar-refractivity contribution < 1.29 is 9.59 Å². The fourth-order valence-corrected chi connectivity index (χ4v) is 4.33. The Morgan fingerprint density at radius 3 is 2.41 bits per heavy atom. The number of nitrogens with one attached hydrogen (secondary N) is 2. The number of carbonyl (C=O) groups is 2. The molecule has 8 heteroatoms. The van der Waals surface area contributed by atoms with Gasteiger partial charge in [-0.25, -0.2) is 4.52 Å². The number of amides is 2. The molecule has 0 saturated heterocycles. The highest BCUT2D eigenvalue weighted by molar-refractivity contribution is 6.08. The summed E-state index contributed by atoms with van der Waals surface area (Å²) in [5.41, 5.74) is 6.36. The zero-order chi connectivity index (χ0) is 26.3. The van der Waals surface area contributed by atoms with Crippen molar-refractivity contribution in [2.24, 2.45) is 13.0 Å². The lowest BCUT2D eigenvalue weighted by molar-refractivity contribution is -0.118. The number of carbonyl (C=O) groups excluding carboxylic acids is 2. The molecule has 2 N–H and O–H groups in total. The Bertz CT molecular complexity index is 1630. The number of aromatic nitrogens is 4. The molecule has 1 atom stereocenters. The topological polar surface area (TPSA) is 93.3 Å². The second-order valence-electron chi connectivity index (χ2n) is 9.79. The molecule has 0 spiro atoms. The van der Waals surface area contributed by atoms with Crippen LogP contribution in [0.25, 0.3) is 27.7 Å². The van der Waals surface area contributed by atoms with E-state index in [1.165, 1.54) is 5.56 Å². The monoisotopic (exact) mass is 494 g/mol. The maximum Gasteiger partial charge on any atom is 0.253 e. The number of fused-ring (bicyclic) bond motifs is 2. The first-order chi connectivity index (χ1) is 17.7. The minimum atomic E-state index is -0.161. The summed E-state index contributed by atoms with van der Waals surface area (Å²) in [7, 11) is 1.94. The molecule has 2 aromatic carbocycles. The molecule has 5 aromatic rings. The molecular weight excluding hydrogens is 464 g/mol. The number of hydrogen-bond acceptors (Lipinski definition) is 4. The van der Waals surface area contributed by atoms with Gasteiger partial charge in [-0.3, -0.25) is 14.9 Å². The van der Waals surface area contributed by atoms with Crippen molar-refractivity contribution >= 4 is 34.3 Å². The fourth-order valence-electron chi connectivity index (χ4n) is 4.33. The Kier molecular flexibility index (Phi) is 6.25. The number of pyridine rings is 1. The van der Waals surface area contributed by atoms with Gasteiger partial charge < -0.3 is 9.88 Å². The molecule has 0 radical (unpaired) electrons. The molecular formula is C29H30N6O2. The van der Waals surface area contributed by atoms with E-state index < -0.39 is 0 Å². The van der Waals surface area contributed by atoms with Crippen LogP contribution >= 0.6 is 0 Å². The van der Waals surface area contributed by atoms with E-state index in [1.54, 1.807) is 4.52 Å². The lowest BCUT2D eigenvalue weighted by Crippen LogP contribution is -2.26. The Hall–Kier alpha value is -4.46. The number of aryl methyl sites for hydroxylation is 2. The molecule has 0 unspecified atom stereocenters. The highest BCUT2D eigenvalue weighted by Crippen LogP contribution is 2.29. The predicted octanol–water partition coefficient (Wildman–Crippen LogP) is 5.28. The molecule has 0 fully saturated rings. The van der Waals surface area contributed by atoms with Crippen molar-refractivity contribution in [3.8, 4) is 11.1 Å². The van der Waals surface area contributed by atoms with Crippen LogP contribution in [0.15, 0.2) is 67.0 Å². The van der Waals surface area contributed by atoms with Crippen LogP contribution in [0.3, 0.4) is 0 Å². The highest BCUT2D eigenvalue weighted by Gasteiger charge is 2.18. The first-order valence-electron chi connectivity index (χ1n) is 12.3. The van der Waals surface area contributed by atoms with Crippen LogP contribution in [-0.2, 0) is 11.8 Å². The molecule has 0 bridgehead atoms. The third-order valence-electron chi connectivity index (χ3n) is 6.59. The number of hydrogen-bond donors (Lipinski definition) is 2. The first-order valence-corrected chi connectivity index (χ1v) is 12.3. The third-order valence-corrected chi connectivity index (χ3v) is 6.59. The maximum atomic E-state index is 13.3. The molecule has 0 aliphatic rings. The van der Waals surface area contributed by atoms with Crippen LogP contribution in [-0.4, -0.2) is 31.0 Å². The largest absolute Gasteiger partial charge is 0.350 e. The number of benzene rings is 2. The molecule has 3 heterocycles. The van der Waals surface area contributed by atoms with Gasteiger partial charge in [0.2, 0.25) is 11.9 Å². The van der Waals surface area contributed by atoms with E-state index in [4.69, 9.17) is 0 Å². The van der Waals surface area contributed by atoms with Crippen molar-refractivity contribution in [1.82, 2.24) is 24.5 Å². The van der Waals surface area contributed by atoms with Crippen LogP contribution in [0.5, 0.6) is 0 Å². The van der Waals surface area contributed by atoms with Gasteiger partial charge in [0.1, 0.15) is 0 Å². The van der Waals surface area contributed by atoms with E-state index in [0.29, 0.717) is 11.2 Å². The van der Waals surface area contributed by atoms with Gasteiger partial charge in [0.15, 0.2) is 5.65 Å². The molecule has 5 rings (SSSR count). The quantitative estimate of drug-likeness (QED) is 0.336. The van der Waals surface area contributed by atoms with Gasteiger partial charge >= 0.3 is 0 Å². The smallest absolute Gasteiger partial charge is 0.253 e. The van der Waals surface area contributed by atoms with E-state index in [9.17, 15) is 9.59 Å². The zero-order valence-corrected chi connectivity index (χ0v) is 21.6. The van der Waals surface area contributed by atoms with Gasteiger partial charge in [-0.15, -0.1) is 5.10 Å². The van der Waals surface area contributed by atoms with E-state index >= 15 is 0 Å². The Morgan fingerprint density at radius 2 is 1.68 bits per heavy atom. The molecule has 0 saturated carbocycles. The summed E-state index contributed by atoms with van der Waals surface area (Å²) in [6.45, 7) is 7.68. The van der Waals surface area contributed by atoms with Crippen molar-refractivity contribution in [3.05, 3.63) is 83.7 Å². The van der Waals surface area contributed by atoms with E-state index in [-0.39, 0.29) is 29.7 Å². The lowest BCUT2D eigenvalue weighted by Gasteiger charge is -2.14. The second-order valence-corrected chi connectivity index (χ2v) is 9.79. The molecule has 8 nitrogen and oxygen atoms in total. The number of anilines is 1.